The van der Waals surface area contributed by atoms with Gasteiger partial charge >= 0.3 is 0 Å². The van der Waals surface area contributed by atoms with Gasteiger partial charge in [0, 0.05) is 11.2 Å². The van der Waals surface area contributed by atoms with Crippen LogP contribution in [-0.4, -0.2) is 13.4 Å². The topological polar surface area (TPSA) is 59.1 Å². The van der Waals surface area contributed by atoms with Crippen LogP contribution in [0.3, 0.4) is 0 Å². The van der Waals surface area contributed by atoms with Crippen molar-refractivity contribution < 1.29 is 12.8 Å². The van der Waals surface area contributed by atoms with Crippen molar-refractivity contribution in [3.05, 3.63) is 52.9 Å². The average molecular weight is 301 g/mol. The Balaban J connectivity index is 2.43. The molecule has 100 valence electrons. The van der Waals surface area contributed by atoms with Gasteiger partial charge in [0.05, 0.1) is 5.69 Å². The van der Waals surface area contributed by atoms with E-state index in [1.54, 1.807) is 25.1 Å². The van der Waals surface area contributed by atoms with Gasteiger partial charge in [-0.3, -0.25) is 4.72 Å². The zero-order chi connectivity index (χ0) is 14.0. The predicted octanol–water partition coefficient (Wildman–Crippen LogP) is 2.98. The molecule has 0 fully saturated rings. The number of aromatic nitrogens is 1. The molecule has 2 rings (SSSR count). The summed E-state index contributed by atoms with van der Waals surface area (Å²) in [6.45, 7) is 1.66. The fourth-order valence-corrected chi connectivity index (χ4v) is 2.79. The second kappa shape index (κ2) is 5.14. The van der Waals surface area contributed by atoms with Gasteiger partial charge in [0.2, 0.25) is 5.03 Å². The zero-order valence-electron chi connectivity index (χ0n) is 9.89. The van der Waals surface area contributed by atoms with E-state index in [2.05, 4.69) is 9.71 Å². The van der Waals surface area contributed by atoms with E-state index in [-0.39, 0.29) is 5.69 Å². The first kappa shape index (κ1) is 13.8. The molecule has 0 saturated heterocycles. The lowest BCUT2D eigenvalue weighted by molar-refractivity contribution is 0.557. The normalized spacial score (nSPS) is 11.3. The molecular formula is C12H10ClFN2O2S. The number of nitrogens with zero attached hydrogens (tertiary/aromatic N) is 1. The Hall–Kier alpha value is -1.66. The summed E-state index contributed by atoms with van der Waals surface area (Å²) in [4.78, 5) is 3.54. The Morgan fingerprint density at radius 1 is 1.26 bits per heavy atom. The second-order valence-corrected chi connectivity index (χ2v) is 5.81. The van der Waals surface area contributed by atoms with Gasteiger partial charge in [-0.2, -0.15) is 8.42 Å². The van der Waals surface area contributed by atoms with Crippen molar-refractivity contribution in [2.75, 3.05) is 4.72 Å². The Kier molecular flexibility index (Phi) is 3.73. The first-order chi connectivity index (χ1) is 8.92. The first-order valence-corrected chi connectivity index (χ1v) is 7.16. The molecule has 0 unspecified atom stereocenters. The molecule has 0 aliphatic carbocycles. The van der Waals surface area contributed by atoms with Crippen LogP contribution in [-0.2, 0) is 10.0 Å². The molecular weight excluding hydrogens is 291 g/mol. The molecule has 0 aliphatic rings. The molecule has 2 aromatic rings. The minimum atomic E-state index is -4.08. The van der Waals surface area contributed by atoms with Crippen LogP contribution in [0, 0.1) is 12.7 Å². The fraction of sp³-hybridized carbons (Fsp3) is 0.0833. The summed E-state index contributed by atoms with van der Waals surface area (Å²) < 4.78 is 39.8. The minimum Gasteiger partial charge on any atom is -0.278 e. The van der Waals surface area contributed by atoms with E-state index < -0.39 is 20.9 Å². The molecule has 7 heteroatoms. The molecule has 0 amide bonds. The van der Waals surface area contributed by atoms with Crippen molar-refractivity contribution in [1.82, 2.24) is 4.98 Å². The molecule has 1 aromatic heterocycles. The lowest BCUT2D eigenvalue weighted by atomic mass is 10.2. The van der Waals surface area contributed by atoms with Crippen LogP contribution in [0.15, 0.2) is 41.6 Å². The molecule has 0 spiro atoms. The van der Waals surface area contributed by atoms with Gasteiger partial charge < -0.3 is 0 Å². The molecule has 1 heterocycles. The highest BCUT2D eigenvalue weighted by Crippen LogP contribution is 2.25. The molecule has 0 radical (unpaired) electrons. The third-order valence-electron chi connectivity index (χ3n) is 2.49. The quantitative estimate of drug-likeness (QED) is 0.948. The maximum absolute atomic E-state index is 13.5. The zero-order valence-corrected chi connectivity index (χ0v) is 11.5. The van der Waals surface area contributed by atoms with Crippen LogP contribution in [0.2, 0.25) is 5.02 Å². The maximum Gasteiger partial charge on any atom is 0.282 e. The van der Waals surface area contributed by atoms with Gasteiger partial charge in [0.25, 0.3) is 10.0 Å². The van der Waals surface area contributed by atoms with E-state index in [0.29, 0.717) is 10.6 Å². The van der Waals surface area contributed by atoms with Crippen LogP contribution in [0.1, 0.15) is 5.56 Å². The van der Waals surface area contributed by atoms with Crippen molar-refractivity contribution in [1.29, 1.82) is 0 Å². The predicted molar refractivity (Wildman–Crippen MR) is 71.2 cm³/mol. The number of halogens is 2. The Bertz CT molecular complexity index is 719. The third kappa shape index (κ3) is 2.85. The lowest BCUT2D eigenvalue weighted by Gasteiger charge is -2.11. The highest BCUT2D eigenvalue weighted by molar-refractivity contribution is 7.92. The summed E-state index contributed by atoms with van der Waals surface area (Å²) in [5, 5.41) is -0.226. The third-order valence-corrected chi connectivity index (χ3v) is 4.20. The highest BCUT2D eigenvalue weighted by atomic mass is 35.5. The Morgan fingerprint density at radius 3 is 2.68 bits per heavy atom. The van der Waals surface area contributed by atoms with Crippen LogP contribution < -0.4 is 4.72 Å². The van der Waals surface area contributed by atoms with Crippen LogP contribution >= 0.6 is 11.6 Å². The van der Waals surface area contributed by atoms with Crippen molar-refractivity contribution >= 4 is 27.3 Å². The SMILES string of the molecule is Cc1c(Cl)cccc1NS(=O)(=O)c1ncccc1F. The van der Waals surface area contributed by atoms with Crippen LogP contribution in [0.4, 0.5) is 10.1 Å². The number of rotatable bonds is 3. The fourth-order valence-electron chi connectivity index (χ4n) is 1.48. The first-order valence-electron chi connectivity index (χ1n) is 5.30. The molecule has 1 aromatic carbocycles. The lowest BCUT2D eigenvalue weighted by Crippen LogP contribution is -2.16. The van der Waals surface area contributed by atoms with Crippen LogP contribution in [0.5, 0.6) is 0 Å². The summed E-state index contributed by atoms with van der Waals surface area (Å²) in [7, 11) is -4.08. The monoisotopic (exact) mass is 300 g/mol. The number of sulfonamides is 1. The van der Waals surface area contributed by atoms with E-state index in [1.807, 2.05) is 0 Å². The maximum atomic E-state index is 13.5. The van der Waals surface area contributed by atoms with E-state index in [9.17, 15) is 12.8 Å². The number of hydrogen-bond donors (Lipinski definition) is 1. The smallest absolute Gasteiger partial charge is 0.278 e. The van der Waals surface area contributed by atoms with Gasteiger partial charge in [-0.15, -0.1) is 0 Å². The molecule has 4 nitrogen and oxygen atoms in total. The van der Waals surface area contributed by atoms with E-state index >= 15 is 0 Å². The van der Waals surface area contributed by atoms with Gasteiger partial charge in [0.1, 0.15) is 0 Å². The molecule has 0 saturated carbocycles. The van der Waals surface area contributed by atoms with Crippen molar-refractivity contribution in [2.45, 2.75) is 11.9 Å². The van der Waals surface area contributed by atoms with Crippen LogP contribution in [0.25, 0.3) is 0 Å². The molecule has 1 N–H and O–H groups in total. The number of nitrogens with one attached hydrogen (secondary N) is 1. The second-order valence-electron chi connectivity index (χ2n) is 3.81. The Labute approximate surface area is 115 Å². The average Bonchev–Trinajstić information content (AvgIpc) is 2.35. The largest absolute Gasteiger partial charge is 0.282 e. The number of pyridine rings is 1. The van der Waals surface area contributed by atoms with E-state index in [4.69, 9.17) is 11.6 Å². The summed E-state index contributed by atoms with van der Waals surface area (Å²) in [5.41, 5.74) is 0.849. The van der Waals surface area contributed by atoms with Crippen molar-refractivity contribution in [3.8, 4) is 0 Å². The summed E-state index contributed by atoms with van der Waals surface area (Å²) in [6, 6.07) is 7.13. The van der Waals surface area contributed by atoms with Gasteiger partial charge in [-0.05, 0) is 36.8 Å². The van der Waals surface area contributed by atoms with Crippen molar-refractivity contribution in [3.63, 3.8) is 0 Å². The van der Waals surface area contributed by atoms with Gasteiger partial charge in [0.15, 0.2) is 5.82 Å². The molecule has 0 atom stereocenters. The molecule has 0 bridgehead atoms. The van der Waals surface area contributed by atoms with Gasteiger partial charge in [-0.1, -0.05) is 17.7 Å². The number of benzene rings is 1. The minimum absolute atomic E-state index is 0.289. The molecule has 19 heavy (non-hydrogen) atoms. The summed E-state index contributed by atoms with van der Waals surface area (Å²) in [5.74, 6) is -0.908. The number of anilines is 1. The van der Waals surface area contributed by atoms with Crippen molar-refractivity contribution in [2.24, 2.45) is 0 Å². The Morgan fingerprint density at radius 2 is 2.00 bits per heavy atom. The molecule has 0 aliphatic heterocycles. The van der Waals surface area contributed by atoms with E-state index in [1.165, 1.54) is 12.3 Å². The van der Waals surface area contributed by atoms with Gasteiger partial charge in [-0.25, -0.2) is 9.37 Å². The summed E-state index contributed by atoms with van der Waals surface area (Å²) in [6.07, 6.45) is 1.21. The standard InChI is InChI=1S/C12H10ClFN2O2S/c1-8-9(13)4-2-6-11(8)16-19(17,18)12-10(14)5-3-7-15-12/h2-7,16H,1H3. The number of hydrogen-bond acceptors (Lipinski definition) is 3. The highest BCUT2D eigenvalue weighted by Gasteiger charge is 2.21. The van der Waals surface area contributed by atoms with E-state index in [0.717, 1.165) is 6.07 Å². The summed E-state index contributed by atoms with van der Waals surface area (Å²) >= 11 is 5.90.